The van der Waals surface area contributed by atoms with Crippen LogP contribution in [0.15, 0.2) is 6.20 Å². The van der Waals surface area contributed by atoms with Gasteiger partial charge < -0.3 is 10.1 Å². The molecule has 5 nitrogen and oxygen atoms in total. The molecule has 2 amide bonds. The van der Waals surface area contributed by atoms with Crippen molar-refractivity contribution in [2.75, 3.05) is 18.5 Å². The number of carbonyl (C=O) groups is 1. The van der Waals surface area contributed by atoms with Crippen LogP contribution in [0.4, 0.5) is 9.93 Å². The maximum Gasteiger partial charge on any atom is 0.321 e. The van der Waals surface area contributed by atoms with E-state index in [2.05, 4.69) is 29.5 Å². The van der Waals surface area contributed by atoms with Crippen molar-refractivity contribution in [3.8, 4) is 0 Å². The average molecular weight is 283 g/mol. The summed E-state index contributed by atoms with van der Waals surface area (Å²) in [7, 11) is 0. The molecule has 2 heterocycles. The Morgan fingerprint density at radius 1 is 1.63 bits per heavy atom. The van der Waals surface area contributed by atoms with Crippen LogP contribution in [0.3, 0.4) is 0 Å². The number of carbonyl (C=O) groups excluding carboxylic acids is 1. The minimum atomic E-state index is -0.262. The van der Waals surface area contributed by atoms with Gasteiger partial charge in [0.1, 0.15) is 0 Å². The zero-order chi connectivity index (χ0) is 13.9. The van der Waals surface area contributed by atoms with Gasteiger partial charge in [-0.3, -0.25) is 5.32 Å². The van der Waals surface area contributed by atoms with E-state index < -0.39 is 0 Å². The lowest BCUT2D eigenvalue weighted by atomic mass is 10.0. The molecular weight excluding hydrogens is 262 g/mol. The molecule has 0 aliphatic carbocycles. The second-order valence-corrected chi connectivity index (χ2v) is 6.79. The second-order valence-electron chi connectivity index (χ2n) is 5.67. The summed E-state index contributed by atoms with van der Waals surface area (Å²) in [6.45, 7) is 7.59. The fourth-order valence-electron chi connectivity index (χ4n) is 2.03. The van der Waals surface area contributed by atoms with Crippen LogP contribution < -0.4 is 10.6 Å². The van der Waals surface area contributed by atoms with Gasteiger partial charge in [0, 0.05) is 17.7 Å². The van der Waals surface area contributed by atoms with E-state index >= 15 is 0 Å². The molecule has 106 valence electrons. The number of hydrogen-bond acceptors (Lipinski definition) is 4. The van der Waals surface area contributed by atoms with Crippen molar-refractivity contribution < 1.29 is 9.53 Å². The van der Waals surface area contributed by atoms with Crippen LogP contribution in [-0.4, -0.2) is 29.8 Å². The summed E-state index contributed by atoms with van der Waals surface area (Å²) < 4.78 is 5.30. The lowest BCUT2D eigenvalue weighted by Crippen LogP contribution is -2.48. The Morgan fingerprint density at radius 3 is 3.05 bits per heavy atom. The first-order chi connectivity index (χ1) is 8.97. The third-order valence-electron chi connectivity index (χ3n) is 3.02. The molecule has 0 unspecified atom stereocenters. The molecule has 1 aromatic heterocycles. The molecule has 1 aliphatic rings. The molecule has 2 rings (SSSR count). The first-order valence-electron chi connectivity index (χ1n) is 6.58. The quantitative estimate of drug-likeness (QED) is 0.893. The lowest BCUT2D eigenvalue weighted by Gasteiger charge is -2.23. The Bertz CT molecular complexity index is 439. The first-order valence-corrected chi connectivity index (χ1v) is 7.40. The zero-order valence-corrected chi connectivity index (χ0v) is 12.5. The second kappa shape index (κ2) is 5.88. The molecule has 0 radical (unpaired) electrons. The Kier molecular flexibility index (Phi) is 4.42. The maximum absolute atomic E-state index is 11.9. The number of hydrogen-bond donors (Lipinski definition) is 2. The van der Waals surface area contributed by atoms with Crippen LogP contribution in [0.25, 0.3) is 0 Å². The monoisotopic (exact) mass is 283 g/mol. The van der Waals surface area contributed by atoms with Gasteiger partial charge in [0.15, 0.2) is 5.13 Å². The van der Waals surface area contributed by atoms with E-state index in [-0.39, 0.29) is 11.6 Å². The van der Waals surface area contributed by atoms with E-state index in [0.29, 0.717) is 24.3 Å². The van der Waals surface area contributed by atoms with Gasteiger partial charge in [-0.05, 0) is 25.7 Å². The van der Waals surface area contributed by atoms with Gasteiger partial charge in [-0.2, -0.15) is 0 Å². The number of thiazole rings is 1. The summed E-state index contributed by atoms with van der Waals surface area (Å²) >= 11 is 1.53. The lowest BCUT2D eigenvalue weighted by molar-refractivity contribution is 0.172. The van der Waals surface area contributed by atoms with Gasteiger partial charge in [-0.25, -0.2) is 9.78 Å². The van der Waals surface area contributed by atoms with Crippen molar-refractivity contribution >= 4 is 22.5 Å². The molecule has 1 aromatic rings. The molecular formula is C13H21N3O2S. The van der Waals surface area contributed by atoms with Crippen LogP contribution in [-0.2, 0) is 11.2 Å². The summed E-state index contributed by atoms with van der Waals surface area (Å²) in [6, 6.07) is -0.210. The molecule has 0 spiro atoms. The van der Waals surface area contributed by atoms with Crippen molar-refractivity contribution in [1.29, 1.82) is 0 Å². The van der Waals surface area contributed by atoms with E-state index in [1.54, 1.807) is 0 Å². The van der Waals surface area contributed by atoms with Crippen LogP contribution in [0, 0.1) is 5.92 Å². The fourth-order valence-corrected chi connectivity index (χ4v) is 3.05. The topological polar surface area (TPSA) is 63.2 Å². The predicted molar refractivity (Wildman–Crippen MR) is 76.7 cm³/mol. The maximum atomic E-state index is 11.9. The molecule has 0 aromatic carbocycles. The Hall–Kier alpha value is -1.14. The van der Waals surface area contributed by atoms with Crippen LogP contribution in [0.1, 0.15) is 32.1 Å². The Balaban J connectivity index is 1.86. The molecule has 2 N–H and O–H groups in total. The molecule has 6 heteroatoms. The number of aromatic nitrogens is 1. The zero-order valence-electron chi connectivity index (χ0n) is 11.7. The summed E-state index contributed by atoms with van der Waals surface area (Å²) in [5, 5.41) is 6.38. The highest BCUT2D eigenvalue weighted by molar-refractivity contribution is 7.15. The Morgan fingerprint density at radius 2 is 2.42 bits per heavy atom. The van der Waals surface area contributed by atoms with Gasteiger partial charge in [0.25, 0.3) is 0 Å². The fraction of sp³-hybridized carbons (Fsp3) is 0.692. The highest BCUT2D eigenvalue weighted by atomic mass is 32.1. The van der Waals surface area contributed by atoms with Gasteiger partial charge in [0.2, 0.25) is 0 Å². The average Bonchev–Trinajstić information content (AvgIpc) is 2.87. The van der Waals surface area contributed by atoms with Crippen LogP contribution in [0.5, 0.6) is 0 Å². The molecule has 0 saturated carbocycles. The van der Waals surface area contributed by atoms with Gasteiger partial charge >= 0.3 is 6.03 Å². The van der Waals surface area contributed by atoms with Gasteiger partial charge in [0.05, 0.1) is 12.1 Å². The third-order valence-corrected chi connectivity index (χ3v) is 3.95. The molecule has 1 saturated heterocycles. The van der Waals surface area contributed by atoms with Crippen molar-refractivity contribution in [2.45, 2.75) is 39.2 Å². The number of amides is 2. The number of ether oxygens (including phenoxy) is 1. The van der Waals surface area contributed by atoms with Gasteiger partial charge in [-0.15, -0.1) is 11.3 Å². The summed E-state index contributed by atoms with van der Waals surface area (Å²) in [5.41, 5.74) is -0.262. The van der Waals surface area contributed by atoms with Crippen molar-refractivity contribution in [3.05, 3.63) is 11.1 Å². The van der Waals surface area contributed by atoms with E-state index in [9.17, 15) is 4.79 Å². The Labute approximate surface area is 117 Å². The van der Waals surface area contributed by atoms with Gasteiger partial charge in [-0.1, -0.05) is 13.8 Å². The predicted octanol–water partition coefficient (Wildman–Crippen LogP) is 2.64. The van der Waals surface area contributed by atoms with E-state index in [1.807, 2.05) is 13.1 Å². The van der Waals surface area contributed by atoms with E-state index in [4.69, 9.17) is 4.74 Å². The van der Waals surface area contributed by atoms with Crippen LogP contribution in [0.2, 0.25) is 0 Å². The highest BCUT2D eigenvalue weighted by Gasteiger charge is 2.31. The van der Waals surface area contributed by atoms with Crippen molar-refractivity contribution in [2.24, 2.45) is 5.92 Å². The summed E-state index contributed by atoms with van der Waals surface area (Å²) in [5.74, 6) is 0.594. The van der Waals surface area contributed by atoms with E-state index in [0.717, 1.165) is 12.8 Å². The number of nitrogens with one attached hydrogen (secondary N) is 2. The molecule has 19 heavy (non-hydrogen) atoms. The number of anilines is 1. The molecule has 0 bridgehead atoms. The molecule has 1 aliphatic heterocycles. The normalized spacial score (nSPS) is 22.7. The summed E-state index contributed by atoms with van der Waals surface area (Å²) in [4.78, 5) is 17.3. The minimum absolute atomic E-state index is 0.210. The van der Waals surface area contributed by atoms with Crippen molar-refractivity contribution in [1.82, 2.24) is 10.3 Å². The van der Waals surface area contributed by atoms with E-state index in [1.165, 1.54) is 16.2 Å². The number of nitrogens with zero attached hydrogens (tertiary/aromatic N) is 1. The molecule has 1 fully saturated rings. The standard InChI is InChI=1S/C13H21N3O2S/c1-9(2)6-10-7-14-12(19-10)15-11(17)16-13(3)4-5-18-8-13/h7,9H,4-6,8H2,1-3H3,(H2,14,15,16,17)/t13-/m1/s1. The van der Waals surface area contributed by atoms with Crippen LogP contribution >= 0.6 is 11.3 Å². The first kappa shape index (κ1) is 14.3. The molecule has 1 atom stereocenters. The van der Waals surface area contributed by atoms with Crippen molar-refractivity contribution in [3.63, 3.8) is 0 Å². The smallest absolute Gasteiger partial charge is 0.321 e. The number of urea groups is 1. The largest absolute Gasteiger partial charge is 0.379 e. The number of rotatable bonds is 4. The SMILES string of the molecule is CC(C)Cc1cnc(NC(=O)N[C@]2(C)CCOC2)s1. The third kappa shape index (κ3) is 4.18. The summed E-state index contributed by atoms with van der Waals surface area (Å²) in [6.07, 6.45) is 3.67. The minimum Gasteiger partial charge on any atom is -0.379 e. The highest BCUT2D eigenvalue weighted by Crippen LogP contribution is 2.22.